The first-order valence-electron chi connectivity index (χ1n) is 11.3. The summed E-state index contributed by atoms with van der Waals surface area (Å²) in [5.41, 5.74) is 3.45. The van der Waals surface area contributed by atoms with Crippen LogP contribution in [0.4, 0.5) is 11.4 Å². The lowest BCUT2D eigenvalue weighted by Gasteiger charge is -2.16. The molecule has 5 nitrogen and oxygen atoms in total. The molecule has 0 aliphatic carbocycles. The molecule has 0 saturated carbocycles. The molecular formula is C27H30Cl2N2O3. The molecule has 3 rings (SSSR count). The van der Waals surface area contributed by atoms with Crippen LogP contribution in [0.2, 0.25) is 10.0 Å². The van der Waals surface area contributed by atoms with Crippen molar-refractivity contribution in [3.05, 3.63) is 81.8 Å². The summed E-state index contributed by atoms with van der Waals surface area (Å²) in [5, 5.41) is 7.53. The lowest BCUT2D eigenvalue weighted by atomic mass is 10.1. The van der Waals surface area contributed by atoms with Gasteiger partial charge in [-0.05, 0) is 60.4 Å². The summed E-state index contributed by atoms with van der Waals surface area (Å²) in [4.78, 5) is 12.1. The molecule has 0 atom stereocenters. The number of benzene rings is 3. The molecule has 0 aliphatic heterocycles. The second-order valence-corrected chi connectivity index (χ2v) is 9.17. The quantitative estimate of drug-likeness (QED) is 0.285. The van der Waals surface area contributed by atoms with E-state index in [-0.39, 0.29) is 5.91 Å². The maximum absolute atomic E-state index is 12.1. The molecule has 0 radical (unpaired) electrons. The Morgan fingerprint density at radius 3 is 2.41 bits per heavy atom. The second kappa shape index (κ2) is 12.5. The van der Waals surface area contributed by atoms with Crippen LogP contribution in [0, 0.1) is 5.92 Å². The van der Waals surface area contributed by atoms with Gasteiger partial charge < -0.3 is 20.1 Å². The van der Waals surface area contributed by atoms with Crippen LogP contribution in [-0.2, 0) is 17.9 Å². The summed E-state index contributed by atoms with van der Waals surface area (Å²) in [7, 11) is 0. The van der Waals surface area contributed by atoms with Gasteiger partial charge in [-0.15, -0.1) is 0 Å². The van der Waals surface area contributed by atoms with Gasteiger partial charge in [0.2, 0.25) is 5.91 Å². The number of hydrogen-bond acceptors (Lipinski definition) is 4. The van der Waals surface area contributed by atoms with Gasteiger partial charge in [-0.3, -0.25) is 4.79 Å². The zero-order valence-corrected chi connectivity index (χ0v) is 21.2. The van der Waals surface area contributed by atoms with Crippen molar-refractivity contribution in [2.24, 2.45) is 5.92 Å². The van der Waals surface area contributed by atoms with Gasteiger partial charge in [0.25, 0.3) is 0 Å². The lowest BCUT2D eigenvalue weighted by Crippen LogP contribution is -2.14. The minimum Gasteiger partial charge on any atom is -0.490 e. The van der Waals surface area contributed by atoms with Crippen LogP contribution in [0.25, 0.3) is 0 Å². The summed E-state index contributed by atoms with van der Waals surface area (Å²) in [6.45, 7) is 7.30. The summed E-state index contributed by atoms with van der Waals surface area (Å²) in [5.74, 6) is 1.51. The Morgan fingerprint density at radius 2 is 1.68 bits per heavy atom. The smallest absolute Gasteiger partial charge is 0.224 e. The molecule has 1 amide bonds. The van der Waals surface area contributed by atoms with Crippen molar-refractivity contribution in [1.82, 2.24) is 0 Å². The van der Waals surface area contributed by atoms with E-state index in [0.717, 1.165) is 22.5 Å². The molecular weight excluding hydrogens is 471 g/mol. The molecule has 0 aromatic heterocycles. The number of halogens is 2. The third-order valence-corrected chi connectivity index (χ3v) is 5.51. The number of rotatable bonds is 11. The minimum atomic E-state index is 0.00455. The van der Waals surface area contributed by atoms with E-state index in [1.165, 1.54) is 0 Å². The predicted octanol–water partition coefficient (Wildman–Crippen LogP) is 7.57. The molecule has 0 spiro atoms. The maximum Gasteiger partial charge on any atom is 0.224 e. The average Bonchev–Trinajstić information content (AvgIpc) is 2.78. The van der Waals surface area contributed by atoms with Gasteiger partial charge in [-0.25, -0.2) is 0 Å². The highest BCUT2D eigenvalue weighted by atomic mass is 35.5. The fraction of sp³-hybridized carbons (Fsp3) is 0.296. The monoisotopic (exact) mass is 500 g/mol. The van der Waals surface area contributed by atoms with Gasteiger partial charge in [0.15, 0.2) is 11.5 Å². The van der Waals surface area contributed by atoms with Gasteiger partial charge in [0.05, 0.1) is 6.61 Å². The van der Waals surface area contributed by atoms with Gasteiger partial charge in [0, 0.05) is 40.5 Å². The molecule has 3 aromatic carbocycles. The van der Waals surface area contributed by atoms with Crippen LogP contribution in [0.1, 0.15) is 38.3 Å². The van der Waals surface area contributed by atoms with Gasteiger partial charge in [0.1, 0.15) is 6.61 Å². The van der Waals surface area contributed by atoms with Gasteiger partial charge >= 0.3 is 0 Å². The summed E-state index contributed by atoms with van der Waals surface area (Å²) < 4.78 is 11.8. The Hall–Kier alpha value is -2.89. The van der Waals surface area contributed by atoms with E-state index in [1.54, 1.807) is 6.07 Å². The minimum absolute atomic E-state index is 0.00455. The molecule has 0 fully saturated rings. The van der Waals surface area contributed by atoms with E-state index >= 15 is 0 Å². The number of ether oxygens (including phenoxy) is 2. The average molecular weight is 501 g/mol. The van der Waals surface area contributed by atoms with Crippen LogP contribution in [0.5, 0.6) is 11.5 Å². The fourth-order valence-corrected chi connectivity index (χ4v) is 3.80. The predicted molar refractivity (Wildman–Crippen MR) is 140 cm³/mol. The number of nitrogens with one attached hydrogen (secondary N) is 2. The first-order chi connectivity index (χ1) is 16.3. The van der Waals surface area contributed by atoms with Gasteiger partial charge in [-0.2, -0.15) is 0 Å². The van der Waals surface area contributed by atoms with E-state index in [1.807, 2.05) is 75.4 Å². The summed E-state index contributed by atoms with van der Waals surface area (Å²) in [6.07, 6.45) is 0.485. The van der Waals surface area contributed by atoms with E-state index in [9.17, 15) is 4.79 Å². The molecule has 3 aromatic rings. The van der Waals surface area contributed by atoms with E-state index in [2.05, 4.69) is 10.6 Å². The molecule has 2 N–H and O–H groups in total. The van der Waals surface area contributed by atoms with E-state index in [4.69, 9.17) is 32.7 Å². The lowest BCUT2D eigenvalue weighted by molar-refractivity contribution is -0.116. The first-order valence-corrected chi connectivity index (χ1v) is 12.1. The normalized spacial score (nSPS) is 10.8. The highest BCUT2D eigenvalue weighted by Crippen LogP contribution is 2.35. The Labute approximate surface area is 211 Å². The first kappa shape index (κ1) is 25.7. The second-order valence-electron chi connectivity index (χ2n) is 8.32. The molecule has 180 valence electrons. The highest BCUT2D eigenvalue weighted by Gasteiger charge is 2.12. The van der Waals surface area contributed by atoms with Crippen LogP contribution in [-0.4, -0.2) is 12.5 Å². The highest BCUT2D eigenvalue weighted by molar-refractivity contribution is 6.31. The SMILES string of the molecule is CCOc1cc(CNc2cccc(NC(=O)CC(C)C)c2)c(Cl)cc1OCc1cccc(Cl)c1. The molecule has 34 heavy (non-hydrogen) atoms. The standard InChI is InChI=1S/C27H30Cl2N2O3/c1-4-33-25-13-20(24(29)15-26(25)34-17-19-7-5-8-21(28)12-19)16-30-22-9-6-10-23(14-22)31-27(32)11-18(2)3/h5-10,12-15,18,30H,4,11,16-17H2,1-3H3,(H,31,32). The molecule has 0 bridgehead atoms. The van der Waals surface area contributed by atoms with Crippen molar-refractivity contribution >= 4 is 40.5 Å². The molecule has 7 heteroatoms. The van der Waals surface area contributed by atoms with Crippen molar-refractivity contribution in [2.45, 2.75) is 40.3 Å². The van der Waals surface area contributed by atoms with Crippen LogP contribution in [0.15, 0.2) is 60.7 Å². The molecule has 0 unspecified atom stereocenters. The van der Waals surface area contributed by atoms with Crippen LogP contribution >= 0.6 is 23.2 Å². The Balaban J connectivity index is 1.68. The van der Waals surface area contributed by atoms with Crippen LogP contribution in [0.3, 0.4) is 0 Å². The maximum atomic E-state index is 12.1. The van der Waals surface area contributed by atoms with E-state index < -0.39 is 0 Å². The van der Waals surface area contributed by atoms with Crippen LogP contribution < -0.4 is 20.1 Å². The largest absolute Gasteiger partial charge is 0.490 e. The Bertz CT molecular complexity index is 1120. The zero-order chi connectivity index (χ0) is 24.5. The van der Waals surface area contributed by atoms with Crippen molar-refractivity contribution in [3.63, 3.8) is 0 Å². The van der Waals surface area contributed by atoms with Crippen molar-refractivity contribution < 1.29 is 14.3 Å². The fourth-order valence-electron chi connectivity index (χ4n) is 3.37. The zero-order valence-electron chi connectivity index (χ0n) is 19.7. The van der Waals surface area contributed by atoms with E-state index in [0.29, 0.717) is 53.6 Å². The van der Waals surface area contributed by atoms with Crippen molar-refractivity contribution in [1.29, 1.82) is 0 Å². The third kappa shape index (κ3) is 7.86. The number of anilines is 2. The topological polar surface area (TPSA) is 59.6 Å². The molecule has 0 saturated heterocycles. The molecule has 0 aliphatic rings. The van der Waals surface area contributed by atoms with Crippen molar-refractivity contribution in [2.75, 3.05) is 17.2 Å². The van der Waals surface area contributed by atoms with Gasteiger partial charge in [-0.1, -0.05) is 55.2 Å². The summed E-state index contributed by atoms with van der Waals surface area (Å²) in [6, 6.07) is 18.8. The number of carbonyl (C=O) groups excluding carboxylic acids is 1. The Kier molecular flexibility index (Phi) is 9.49. The summed E-state index contributed by atoms with van der Waals surface area (Å²) >= 11 is 12.6. The number of amides is 1. The molecule has 0 heterocycles. The van der Waals surface area contributed by atoms with Crippen molar-refractivity contribution in [3.8, 4) is 11.5 Å². The third-order valence-electron chi connectivity index (χ3n) is 4.92. The number of hydrogen-bond donors (Lipinski definition) is 2. The number of carbonyl (C=O) groups is 1. The Morgan fingerprint density at radius 1 is 0.941 bits per heavy atom.